The van der Waals surface area contributed by atoms with Gasteiger partial charge in [0.05, 0.1) is 15.9 Å². The van der Waals surface area contributed by atoms with Gasteiger partial charge < -0.3 is 9.88 Å². The SMILES string of the molecule is CCc1nc2ccccc2n1CC(=O)Nc1cc(S(=O)(=O)N(C)C)ccc1C. The molecule has 0 unspecified atom stereocenters. The van der Waals surface area contributed by atoms with Gasteiger partial charge in [0.1, 0.15) is 12.4 Å². The zero-order chi connectivity index (χ0) is 20.5. The highest BCUT2D eigenvalue weighted by molar-refractivity contribution is 7.89. The van der Waals surface area contributed by atoms with Gasteiger partial charge >= 0.3 is 0 Å². The minimum absolute atomic E-state index is 0.105. The molecule has 0 radical (unpaired) electrons. The number of amides is 1. The fourth-order valence-corrected chi connectivity index (χ4v) is 3.94. The number of carbonyl (C=O) groups excluding carboxylic acids is 1. The first-order chi connectivity index (χ1) is 13.2. The van der Waals surface area contributed by atoms with Gasteiger partial charge in [-0.1, -0.05) is 25.1 Å². The number of nitrogens with zero attached hydrogens (tertiary/aromatic N) is 3. The number of anilines is 1. The topological polar surface area (TPSA) is 84.3 Å². The zero-order valence-electron chi connectivity index (χ0n) is 16.4. The number of hydrogen-bond donors (Lipinski definition) is 1. The van der Waals surface area contributed by atoms with Gasteiger partial charge in [-0.2, -0.15) is 0 Å². The second-order valence-corrected chi connectivity index (χ2v) is 8.92. The summed E-state index contributed by atoms with van der Waals surface area (Å²) in [6.45, 7) is 3.93. The van der Waals surface area contributed by atoms with Crippen molar-refractivity contribution in [3.63, 3.8) is 0 Å². The van der Waals surface area contributed by atoms with Crippen molar-refractivity contribution < 1.29 is 13.2 Å². The van der Waals surface area contributed by atoms with Crippen molar-refractivity contribution in [2.45, 2.75) is 31.7 Å². The molecule has 0 atom stereocenters. The van der Waals surface area contributed by atoms with Crippen LogP contribution < -0.4 is 5.32 Å². The van der Waals surface area contributed by atoms with E-state index in [2.05, 4.69) is 10.3 Å². The lowest BCUT2D eigenvalue weighted by atomic mass is 10.2. The van der Waals surface area contributed by atoms with E-state index in [1.807, 2.05) is 42.7 Å². The summed E-state index contributed by atoms with van der Waals surface area (Å²) >= 11 is 0. The van der Waals surface area contributed by atoms with Crippen LogP contribution in [0.25, 0.3) is 11.0 Å². The van der Waals surface area contributed by atoms with E-state index < -0.39 is 10.0 Å². The first kappa shape index (κ1) is 20.0. The van der Waals surface area contributed by atoms with Crippen molar-refractivity contribution in [3.8, 4) is 0 Å². The van der Waals surface area contributed by atoms with E-state index in [0.29, 0.717) is 12.1 Å². The van der Waals surface area contributed by atoms with Crippen molar-refractivity contribution in [1.29, 1.82) is 0 Å². The molecule has 1 heterocycles. The smallest absolute Gasteiger partial charge is 0.244 e. The summed E-state index contributed by atoms with van der Waals surface area (Å²) in [5.41, 5.74) is 3.02. The Kier molecular flexibility index (Phi) is 5.53. The fourth-order valence-electron chi connectivity index (χ4n) is 3.01. The average molecular weight is 401 g/mol. The van der Waals surface area contributed by atoms with Crippen molar-refractivity contribution >= 4 is 32.7 Å². The monoisotopic (exact) mass is 400 g/mol. The Hall–Kier alpha value is -2.71. The lowest BCUT2D eigenvalue weighted by Crippen LogP contribution is -2.23. The fraction of sp³-hybridized carbons (Fsp3) is 0.300. The third kappa shape index (κ3) is 3.79. The summed E-state index contributed by atoms with van der Waals surface area (Å²) in [7, 11) is -0.622. The molecule has 7 nitrogen and oxygen atoms in total. The van der Waals surface area contributed by atoms with Crippen molar-refractivity contribution in [2.75, 3.05) is 19.4 Å². The maximum atomic E-state index is 12.7. The molecule has 0 aliphatic rings. The molecule has 0 saturated heterocycles. The van der Waals surface area contributed by atoms with Gasteiger partial charge in [-0.3, -0.25) is 4.79 Å². The molecule has 3 aromatic rings. The summed E-state index contributed by atoms with van der Waals surface area (Å²) < 4.78 is 27.8. The van der Waals surface area contributed by atoms with Crippen LogP contribution in [0, 0.1) is 6.92 Å². The Morgan fingerprint density at radius 3 is 2.57 bits per heavy atom. The van der Waals surface area contributed by atoms with Crippen LogP contribution in [0.15, 0.2) is 47.4 Å². The highest BCUT2D eigenvalue weighted by atomic mass is 32.2. The van der Waals surface area contributed by atoms with Gasteiger partial charge in [0, 0.05) is 26.2 Å². The lowest BCUT2D eigenvalue weighted by Gasteiger charge is -2.15. The van der Waals surface area contributed by atoms with E-state index in [1.165, 1.54) is 20.2 Å². The highest BCUT2D eigenvalue weighted by Gasteiger charge is 2.19. The third-order valence-corrected chi connectivity index (χ3v) is 6.42. The molecular weight excluding hydrogens is 376 g/mol. The predicted molar refractivity (Wildman–Crippen MR) is 110 cm³/mol. The largest absolute Gasteiger partial charge is 0.324 e. The number of carbonyl (C=O) groups is 1. The van der Waals surface area contributed by atoms with Gasteiger partial charge in [0.25, 0.3) is 0 Å². The highest BCUT2D eigenvalue weighted by Crippen LogP contribution is 2.22. The van der Waals surface area contributed by atoms with E-state index in [4.69, 9.17) is 0 Å². The van der Waals surface area contributed by atoms with Gasteiger partial charge in [-0.05, 0) is 36.8 Å². The van der Waals surface area contributed by atoms with Crippen molar-refractivity contribution in [2.24, 2.45) is 0 Å². The molecule has 148 valence electrons. The minimum atomic E-state index is -3.57. The Balaban J connectivity index is 1.89. The van der Waals surface area contributed by atoms with Crippen molar-refractivity contribution in [3.05, 3.63) is 53.9 Å². The molecule has 1 aromatic heterocycles. The first-order valence-electron chi connectivity index (χ1n) is 9.01. The lowest BCUT2D eigenvalue weighted by molar-refractivity contribution is -0.116. The summed E-state index contributed by atoms with van der Waals surface area (Å²) in [6, 6.07) is 12.4. The molecule has 1 amide bonds. The van der Waals surface area contributed by atoms with Crippen molar-refractivity contribution in [1.82, 2.24) is 13.9 Å². The van der Waals surface area contributed by atoms with E-state index >= 15 is 0 Å². The molecule has 0 saturated carbocycles. The summed E-state index contributed by atoms with van der Waals surface area (Å²) in [4.78, 5) is 17.4. The number of rotatable bonds is 6. The Labute approximate surface area is 165 Å². The number of benzene rings is 2. The molecule has 0 bridgehead atoms. The summed E-state index contributed by atoms with van der Waals surface area (Å²) in [6.07, 6.45) is 0.706. The summed E-state index contributed by atoms with van der Waals surface area (Å²) in [5, 5.41) is 2.85. The summed E-state index contributed by atoms with van der Waals surface area (Å²) in [5.74, 6) is 0.595. The number of aryl methyl sites for hydroxylation is 2. The van der Waals surface area contributed by atoms with Crippen LogP contribution in [0.1, 0.15) is 18.3 Å². The average Bonchev–Trinajstić information content (AvgIpc) is 3.01. The van der Waals surface area contributed by atoms with Crippen LogP contribution in [0.4, 0.5) is 5.69 Å². The molecule has 8 heteroatoms. The standard InChI is InChI=1S/C20H24N4O3S/c1-5-19-21-16-8-6-7-9-18(16)24(19)13-20(25)22-17-12-15(11-10-14(17)2)28(26,27)23(3)4/h6-12H,5,13H2,1-4H3,(H,22,25). The number of imidazole rings is 1. The minimum Gasteiger partial charge on any atom is -0.324 e. The molecule has 28 heavy (non-hydrogen) atoms. The quantitative estimate of drug-likeness (QED) is 0.690. The second kappa shape index (κ2) is 7.73. The van der Waals surface area contributed by atoms with E-state index in [-0.39, 0.29) is 17.3 Å². The molecule has 2 aromatic carbocycles. The maximum absolute atomic E-state index is 12.7. The molecule has 1 N–H and O–H groups in total. The van der Waals surface area contributed by atoms with Crippen LogP contribution in [-0.4, -0.2) is 42.3 Å². The maximum Gasteiger partial charge on any atom is 0.244 e. The van der Waals surface area contributed by atoms with E-state index in [9.17, 15) is 13.2 Å². The van der Waals surface area contributed by atoms with Crippen LogP contribution in [0.3, 0.4) is 0 Å². The Morgan fingerprint density at radius 1 is 1.18 bits per heavy atom. The van der Waals surface area contributed by atoms with Crippen LogP contribution in [0.5, 0.6) is 0 Å². The van der Waals surface area contributed by atoms with Gasteiger partial charge in [-0.15, -0.1) is 0 Å². The normalized spacial score (nSPS) is 11.9. The molecule has 0 aliphatic heterocycles. The van der Waals surface area contributed by atoms with Gasteiger partial charge in [0.2, 0.25) is 15.9 Å². The molecule has 3 rings (SSSR count). The number of sulfonamides is 1. The number of aromatic nitrogens is 2. The van der Waals surface area contributed by atoms with Gasteiger partial charge in [0.15, 0.2) is 0 Å². The van der Waals surface area contributed by atoms with Crippen LogP contribution >= 0.6 is 0 Å². The number of para-hydroxylation sites is 2. The number of nitrogens with one attached hydrogen (secondary N) is 1. The number of fused-ring (bicyclic) bond motifs is 1. The molecule has 0 fully saturated rings. The van der Waals surface area contributed by atoms with Gasteiger partial charge in [-0.25, -0.2) is 17.7 Å². The number of hydrogen-bond acceptors (Lipinski definition) is 4. The molecule has 0 aliphatic carbocycles. The third-order valence-electron chi connectivity index (χ3n) is 4.61. The predicted octanol–water partition coefficient (Wildman–Crippen LogP) is 2.80. The zero-order valence-corrected chi connectivity index (χ0v) is 17.2. The molecule has 0 spiro atoms. The van der Waals surface area contributed by atoms with E-state index in [1.54, 1.807) is 12.1 Å². The van der Waals surface area contributed by atoms with Crippen LogP contribution in [-0.2, 0) is 27.8 Å². The van der Waals surface area contributed by atoms with E-state index in [0.717, 1.165) is 26.7 Å². The first-order valence-corrected chi connectivity index (χ1v) is 10.4. The molecular formula is C20H24N4O3S. The second-order valence-electron chi connectivity index (χ2n) is 6.77. The Morgan fingerprint density at radius 2 is 1.89 bits per heavy atom. The Bertz CT molecular complexity index is 1130. The van der Waals surface area contributed by atoms with Crippen LogP contribution in [0.2, 0.25) is 0 Å².